The van der Waals surface area contributed by atoms with Gasteiger partial charge in [0.05, 0.1) is 4.90 Å². The van der Waals surface area contributed by atoms with Crippen LogP contribution in [-0.4, -0.2) is 37.2 Å². The smallest absolute Gasteiger partial charge is 0.244 e. The van der Waals surface area contributed by atoms with Crippen molar-refractivity contribution in [2.24, 2.45) is 0 Å². The zero-order valence-electron chi connectivity index (χ0n) is 14.6. The average Bonchev–Trinajstić information content (AvgIpc) is 2.61. The number of likely N-dealkylation sites (tertiary alicyclic amines) is 1. The van der Waals surface area contributed by atoms with Gasteiger partial charge in [0.1, 0.15) is 11.6 Å². The molecule has 0 aromatic heterocycles. The number of sulfone groups is 1. The van der Waals surface area contributed by atoms with E-state index in [2.05, 4.69) is 0 Å². The van der Waals surface area contributed by atoms with Gasteiger partial charge in [-0.3, -0.25) is 4.79 Å². The monoisotopic (exact) mass is 409 g/mol. The third kappa shape index (κ3) is 2.72. The molecule has 1 amide bonds. The summed E-state index contributed by atoms with van der Waals surface area (Å²) < 4.78 is 45.9. The van der Waals surface area contributed by atoms with Crippen molar-refractivity contribution in [3.63, 3.8) is 0 Å². The minimum Gasteiger partial charge on any atom is -0.468 e. The first-order valence-electron chi connectivity index (χ1n) is 8.39. The minimum absolute atomic E-state index is 0.0886. The quantitative estimate of drug-likeness (QED) is 0.713. The minimum atomic E-state index is -4.05. The van der Waals surface area contributed by atoms with E-state index in [1.807, 2.05) is 0 Å². The standard InChI is InChI=1S/C19H17ClFNO4S/c1-19-10-15(14-9-11(20)3-8-16(14)26-19)17(18(23)22(19)2)27(24,25)13-6-4-12(21)5-7-13/h3-9,15,17H,10H2,1-2H3/t15-,17+,19+/m0/s1. The van der Waals surface area contributed by atoms with Gasteiger partial charge in [-0.05, 0) is 49.4 Å². The molecule has 0 spiro atoms. The normalized spacial score (nSPS) is 27.1. The summed E-state index contributed by atoms with van der Waals surface area (Å²) in [5.74, 6) is -1.20. The largest absolute Gasteiger partial charge is 0.468 e. The average molecular weight is 410 g/mol. The second-order valence-corrected chi connectivity index (χ2v) is 9.59. The third-order valence-corrected chi connectivity index (χ3v) is 7.79. The second-order valence-electron chi connectivity index (χ2n) is 7.09. The fourth-order valence-corrected chi connectivity index (χ4v) is 5.98. The van der Waals surface area contributed by atoms with Crippen molar-refractivity contribution in [2.75, 3.05) is 7.05 Å². The number of hydrogen-bond donors (Lipinski definition) is 0. The molecular weight excluding hydrogens is 393 g/mol. The van der Waals surface area contributed by atoms with E-state index in [9.17, 15) is 17.6 Å². The number of carbonyl (C=O) groups is 1. The van der Waals surface area contributed by atoms with E-state index in [4.69, 9.17) is 16.3 Å². The first-order chi connectivity index (χ1) is 12.6. The molecular formula is C19H17ClFNO4S. The maximum Gasteiger partial charge on any atom is 0.244 e. The predicted octanol–water partition coefficient (Wildman–Crippen LogP) is 3.38. The Kier molecular flexibility index (Phi) is 4.01. The van der Waals surface area contributed by atoms with Crippen LogP contribution >= 0.6 is 11.6 Å². The summed E-state index contributed by atoms with van der Waals surface area (Å²) in [6, 6.07) is 9.51. The number of amides is 1. The first-order valence-corrected chi connectivity index (χ1v) is 10.3. The summed E-state index contributed by atoms with van der Waals surface area (Å²) in [5.41, 5.74) is -0.352. The molecule has 0 saturated carbocycles. The molecule has 2 bridgehead atoms. The van der Waals surface area contributed by atoms with Crippen molar-refractivity contribution in [1.82, 2.24) is 4.90 Å². The number of ether oxygens (including phenoxy) is 1. The predicted molar refractivity (Wildman–Crippen MR) is 98.0 cm³/mol. The van der Waals surface area contributed by atoms with Crippen LogP contribution in [0.5, 0.6) is 5.75 Å². The number of rotatable bonds is 2. The Morgan fingerprint density at radius 3 is 2.56 bits per heavy atom. The Balaban J connectivity index is 1.90. The number of benzene rings is 2. The third-order valence-electron chi connectivity index (χ3n) is 5.43. The Labute approximate surface area is 161 Å². The number of piperidine rings is 1. The van der Waals surface area contributed by atoms with E-state index in [1.54, 1.807) is 25.1 Å². The van der Waals surface area contributed by atoms with Crippen LogP contribution in [0.15, 0.2) is 47.4 Å². The van der Waals surface area contributed by atoms with E-state index in [1.165, 1.54) is 24.1 Å². The molecule has 0 N–H and O–H groups in total. The van der Waals surface area contributed by atoms with Crippen LogP contribution in [0.25, 0.3) is 0 Å². The van der Waals surface area contributed by atoms with Crippen molar-refractivity contribution >= 4 is 27.3 Å². The lowest BCUT2D eigenvalue weighted by Crippen LogP contribution is -2.64. The van der Waals surface area contributed by atoms with Crippen LogP contribution in [0.2, 0.25) is 5.02 Å². The number of nitrogens with zero attached hydrogens (tertiary/aromatic N) is 1. The first kappa shape index (κ1) is 18.3. The van der Waals surface area contributed by atoms with Gasteiger partial charge in [-0.25, -0.2) is 12.8 Å². The van der Waals surface area contributed by atoms with Gasteiger partial charge in [-0.15, -0.1) is 0 Å². The second kappa shape index (κ2) is 5.94. The molecule has 2 aliphatic rings. The summed E-state index contributed by atoms with van der Waals surface area (Å²) in [4.78, 5) is 14.3. The molecule has 0 radical (unpaired) electrons. The van der Waals surface area contributed by atoms with Crippen LogP contribution in [0, 0.1) is 5.82 Å². The maximum absolute atomic E-state index is 13.3. The molecule has 1 saturated heterocycles. The fraction of sp³-hybridized carbons (Fsp3) is 0.316. The highest BCUT2D eigenvalue weighted by Crippen LogP contribution is 2.50. The van der Waals surface area contributed by atoms with E-state index in [0.717, 1.165) is 12.1 Å². The number of carbonyl (C=O) groups excluding carboxylic acids is 1. The Morgan fingerprint density at radius 1 is 1.22 bits per heavy atom. The molecule has 3 atom stereocenters. The summed E-state index contributed by atoms with van der Waals surface area (Å²) >= 11 is 6.11. The van der Waals surface area contributed by atoms with Gasteiger partial charge in [0.15, 0.2) is 20.8 Å². The van der Waals surface area contributed by atoms with Crippen LogP contribution in [0.1, 0.15) is 24.8 Å². The molecule has 2 heterocycles. The van der Waals surface area contributed by atoms with Gasteiger partial charge >= 0.3 is 0 Å². The highest BCUT2D eigenvalue weighted by Gasteiger charge is 2.57. The molecule has 8 heteroatoms. The van der Waals surface area contributed by atoms with Crippen LogP contribution in [0.4, 0.5) is 4.39 Å². The van der Waals surface area contributed by atoms with Crippen LogP contribution < -0.4 is 4.74 Å². The van der Waals surface area contributed by atoms with E-state index in [0.29, 0.717) is 22.8 Å². The zero-order chi connectivity index (χ0) is 19.6. The van der Waals surface area contributed by atoms with E-state index >= 15 is 0 Å². The summed E-state index contributed by atoms with van der Waals surface area (Å²) in [6.07, 6.45) is 0.313. The summed E-state index contributed by atoms with van der Waals surface area (Å²) in [5, 5.41) is -0.896. The van der Waals surface area contributed by atoms with Crippen molar-refractivity contribution < 1.29 is 22.3 Å². The molecule has 2 aliphatic heterocycles. The SMILES string of the molecule is CN1C(=O)[C@H](S(=O)(=O)c2ccc(F)cc2)[C@H]2C[C@@]1(C)Oc1ccc(Cl)cc12. The molecule has 1 fully saturated rings. The van der Waals surface area contributed by atoms with Crippen molar-refractivity contribution in [2.45, 2.75) is 35.1 Å². The van der Waals surface area contributed by atoms with E-state index < -0.39 is 38.5 Å². The van der Waals surface area contributed by atoms with Gasteiger partial charge in [-0.1, -0.05) is 11.6 Å². The molecule has 2 aromatic carbocycles. The molecule has 142 valence electrons. The van der Waals surface area contributed by atoms with Crippen LogP contribution in [0.3, 0.4) is 0 Å². The lowest BCUT2D eigenvalue weighted by atomic mass is 9.80. The van der Waals surface area contributed by atoms with Gasteiger partial charge in [0.25, 0.3) is 0 Å². The van der Waals surface area contributed by atoms with Crippen molar-refractivity contribution in [3.05, 3.63) is 58.9 Å². The van der Waals surface area contributed by atoms with Gasteiger partial charge < -0.3 is 9.64 Å². The Morgan fingerprint density at radius 2 is 1.89 bits per heavy atom. The summed E-state index contributed by atoms with van der Waals surface area (Å²) in [6.45, 7) is 1.76. The highest BCUT2D eigenvalue weighted by molar-refractivity contribution is 7.92. The van der Waals surface area contributed by atoms with Crippen molar-refractivity contribution in [1.29, 1.82) is 0 Å². The van der Waals surface area contributed by atoms with Crippen molar-refractivity contribution in [3.8, 4) is 5.75 Å². The van der Waals surface area contributed by atoms with Gasteiger partial charge in [0, 0.05) is 30.0 Å². The molecule has 27 heavy (non-hydrogen) atoms. The summed E-state index contributed by atoms with van der Waals surface area (Å²) in [7, 11) is -2.52. The molecule has 0 unspecified atom stereocenters. The lowest BCUT2D eigenvalue weighted by molar-refractivity contribution is -0.159. The molecule has 0 aliphatic carbocycles. The van der Waals surface area contributed by atoms with E-state index in [-0.39, 0.29) is 4.90 Å². The Hall–Kier alpha value is -2.12. The van der Waals surface area contributed by atoms with Gasteiger partial charge in [0.2, 0.25) is 5.91 Å². The fourth-order valence-electron chi connectivity index (χ4n) is 3.89. The maximum atomic E-state index is 13.3. The molecule has 2 aromatic rings. The number of fused-ring (bicyclic) bond motifs is 4. The molecule has 5 nitrogen and oxygen atoms in total. The zero-order valence-corrected chi connectivity index (χ0v) is 16.2. The molecule has 4 rings (SSSR count). The van der Waals surface area contributed by atoms with Gasteiger partial charge in [-0.2, -0.15) is 0 Å². The topological polar surface area (TPSA) is 63.7 Å². The van der Waals surface area contributed by atoms with Crippen LogP contribution in [-0.2, 0) is 14.6 Å². The lowest BCUT2D eigenvalue weighted by Gasteiger charge is -2.51. The number of halogens is 2. The number of hydrogen-bond acceptors (Lipinski definition) is 4. The Bertz CT molecular complexity index is 1040. The highest BCUT2D eigenvalue weighted by atomic mass is 35.5.